The zero-order valence-corrected chi connectivity index (χ0v) is 12.8. The lowest BCUT2D eigenvalue weighted by Gasteiger charge is -2.21. The molecule has 1 aromatic heterocycles. The van der Waals surface area contributed by atoms with Crippen molar-refractivity contribution in [2.45, 2.75) is 26.7 Å². The fourth-order valence-corrected chi connectivity index (χ4v) is 2.62. The first-order chi connectivity index (χ1) is 10.1. The van der Waals surface area contributed by atoms with E-state index in [4.69, 9.17) is 0 Å². The third-order valence-electron chi connectivity index (χ3n) is 3.66. The van der Waals surface area contributed by atoms with Gasteiger partial charge < -0.3 is 15.5 Å². The average molecular weight is 298 g/mol. The van der Waals surface area contributed by atoms with E-state index in [-0.39, 0.29) is 11.6 Å². The first kappa shape index (κ1) is 15.9. The summed E-state index contributed by atoms with van der Waals surface area (Å²) in [4.78, 5) is 6.40. The Morgan fingerprint density at radius 2 is 1.81 bits per heavy atom. The second kappa shape index (κ2) is 7.54. The summed E-state index contributed by atoms with van der Waals surface area (Å²) in [6.45, 7) is 8.43. The molecular weight excluding hydrogens is 274 g/mol. The van der Waals surface area contributed by atoms with Gasteiger partial charge in [0.1, 0.15) is 0 Å². The number of halogens is 2. The Labute approximate surface area is 124 Å². The number of nitrogens with zero attached hydrogens (tertiary/aromatic N) is 2. The van der Waals surface area contributed by atoms with Crippen molar-refractivity contribution < 1.29 is 8.78 Å². The quantitative estimate of drug-likeness (QED) is 0.812. The van der Waals surface area contributed by atoms with Crippen molar-refractivity contribution in [3.63, 3.8) is 0 Å². The van der Waals surface area contributed by atoms with Crippen molar-refractivity contribution in [1.82, 2.24) is 9.88 Å². The molecule has 6 heteroatoms. The molecule has 0 amide bonds. The van der Waals surface area contributed by atoms with E-state index in [0.29, 0.717) is 19.0 Å². The van der Waals surface area contributed by atoms with Gasteiger partial charge in [0.25, 0.3) is 0 Å². The van der Waals surface area contributed by atoms with Crippen molar-refractivity contribution >= 4 is 11.6 Å². The van der Waals surface area contributed by atoms with E-state index in [1.165, 1.54) is 12.8 Å². The molecule has 0 aliphatic carbocycles. The van der Waals surface area contributed by atoms with Gasteiger partial charge in [-0.3, -0.25) is 0 Å². The van der Waals surface area contributed by atoms with Gasteiger partial charge in [0.15, 0.2) is 23.3 Å². The van der Waals surface area contributed by atoms with Gasteiger partial charge >= 0.3 is 0 Å². The van der Waals surface area contributed by atoms with Crippen LogP contribution in [0.3, 0.4) is 0 Å². The Morgan fingerprint density at radius 1 is 1.19 bits per heavy atom. The number of pyridine rings is 1. The van der Waals surface area contributed by atoms with Gasteiger partial charge in [-0.05, 0) is 38.8 Å². The van der Waals surface area contributed by atoms with Crippen molar-refractivity contribution in [3.8, 4) is 0 Å². The summed E-state index contributed by atoms with van der Waals surface area (Å²) >= 11 is 0. The summed E-state index contributed by atoms with van der Waals surface area (Å²) in [6.07, 6.45) is 2.53. The highest BCUT2D eigenvalue weighted by atomic mass is 19.1. The van der Waals surface area contributed by atoms with E-state index >= 15 is 0 Å². The Hall–Kier alpha value is -1.43. The lowest BCUT2D eigenvalue weighted by atomic mass is 10.1. The SMILES string of the molecule is CCNc1nc(NCC(C)CN2CCCC2)c(F)cc1F. The first-order valence-corrected chi connectivity index (χ1v) is 7.66. The third-order valence-corrected chi connectivity index (χ3v) is 3.66. The number of rotatable bonds is 7. The monoisotopic (exact) mass is 298 g/mol. The smallest absolute Gasteiger partial charge is 0.168 e. The number of nitrogens with one attached hydrogen (secondary N) is 2. The standard InChI is InChI=1S/C15H24F2N4/c1-3-18-14-12(16)8-13(17)15(20-14)19-9-11(2)10-21-6-4-5-7-21/h8,11H,3-7,9-10H2,1-2H3,(H2,18,19,20). The predicted molar refractivity (Wildman–Crippen MR) is 81.6 cm³/mol. The van der Waals surface area contributed by atoms with Crippen LogP contribution in [0.2, 0.25) is 0 Å². The molecule has 0 saturated carbocycles. The normalized spacial score (nSPS) is 17.0. The predicted octanol–water partition coefficient (Wildman–Crippen LogP) is 2.94. The van der Waals surface area contributed by atoms with Crippen LogP contribution in [-0.2, 0) is 0 Å². The minimum absolute atomic E-state index is 0.0913. The summed E-state index contributed by atoms with van der Waals surface area (Å²) in [5.41, 5.74) is 0. The van der Waals surface area contributed by atoms with Gasteiger partial charge in [-0.15, -0.1) is 0 Å². The van der Waals surface area contributed by atoms with Crippen LogP contribution < -0.4 is 10.6 Å². The Balaban J connectivity index is 1.90. The molecule has 0 spiro atoms. The van der Waals surface area contributed by atoms with Gasteiger partial charge in [0, 0.05) is 25.7 Å². The number of hydrogen-bond donors (Lipinski definition) is 2. The Morgan fingerprint density at radius 3 is 2.43 bits per heavy atom. The van der Waals surface area contributed by atoms with E-state index in [0.717, 1.165) is 25.7 Å². The molecule has 1 saturated heterocycles. The van der Waals surface area contributed by atoms with Crippen LogP contribution in [0.15, 0.2) is 6.07 Å². The fraction of sp³-hybridized carbons (Fsp3) is 0.667. The van der Waals surface area contributed by atoms with Gasteiger partial charge in [0.05, 0.1) is 0 Å². The van der Waals surface area contributed by atoms with Gasteiger partial charge in [0.2, 0.25) is 0 Å². The largest absolute Gasteiger partial charge is 0.368 e. The van der Waals surface area contributed by atoms with Crippen LogP contribution in [-0.4, -0.2) is 42.6 Å². The van der Waals surface area contributed by atoms with Crippen molar-refractivity contribution in [2.75, 3.05) is 43.4 Å². The number of anilines is 2. The van der Waals surface area contributed by atoms with E-state index in [9.17, 15) is 8.78 Å². The van der Waals surface area contributed by atoms with Gasteiger partial charge in [-0.1, -0.05) is 6.92 Å². The summed E-state index contributed by atoms with van der Waals surface area (Å²) < 4.78 is 27.2. The highest BCUT2D eigenvalue weighted by molar-refractivity contribution is 5.47. The summed E-state index contributed by atoms with van der Waals surface area (Å²) in [7, 11) is 0. The third kappa shape index (κ3) is 4.52. The lowest BCUT2D eigenvalue weighted by molar-refractivity contribution is 0.294. The van der Waals surface area contributed by atoms with Gasteiger partial charge in [-0.2, -0.15) is 0 Å². The molecule has 118 valence electrons. The van der Waals surface area contributed by atoms with Crippen LogP contribution in [0.5, 0.6) is 0 Å². The molecule has 0 bridgehead atoms. The Bertz CT molecular complexity index is 461. The molecule has 1 aliphatic rings. The maximum absolute atomic E-state index is 13.7. The molecule has 1 aliphatic heterocycles. The molecule has 2 heterocycles. The number of hydrogen-bond acceptors (Lipinski definition) is 4. The van der Waals surface area contributed by atoms with E-state index in [1.807, 2.05) is 6.92 Å². The van der Waals surface area contributed by atoms with Crippen molar-refractivity contribution in [1.29, 1.82) is 0 Å². The first-order valence-electron chi connectivity index (χ1n) is 7.66. The second-order valence-electron chi connectivity index (χ2n) is 5.67. The molecular formula is C15H24F2N4. The highest BCUT2D eigenvalue weighted by Gasteiger charge is 2.16. The lowest BCUT2D eigenvalue weighted by Crippen LogP contribution is -2.29. The van der Waals surface area contributed by atoms with Crippen molar-refractivity contribution in [2.24, 2.45) is 5.92 Å². The molecule has 0 radical (unpaired) electrons. The molecule has 0 aromatic carbocycles. The fourth-order valence-electron chi connectivity index (χ4n) is 2.62. The molecule has 1 atom stereocenters. The zero-order valence-electron chi connectivity index (χ0n) is 12.8. The number of likely N-dealkylation sites (tertiary alicyclic amines) is 1. The molecule has 1 unspecified atom stereocenters. The van der Waals surface area contributed by atoms with Crippen LogP contribution in [0.25, 0.3) is 0 Å². The van der Waals surface area contributed by atoms with E-state index in [1.54, 1.807) is 0 Å². The maximum Gasteiger partial charge on any atom is 0.168 e. The van der Waals surface area contributed by atoms with Crippen LogP contribution in [0.1, 0.15) is 26.7 Å². The molecule has 1 fully saturated rings. The molecule has 2 rings (SSSR count). The number of aromatic nitrogens is 1. The van der Waals surface area contributed by atoms with Crippen LogP contribution in [0.4, 0.5) is 20.4 Å². The highest BCUT2D eigenvalue weighted by Crippen LogP contribution is 2.19. The topological polar surface area (TPSA) is 40.2 Å². The molecule has 2 N–H and O–H groups in total. The summed E-state index contributed by atoms with van der Waals surface area (Å²) in [5, 5.41) is 5.78. The van der Waals surface area contributed by atoms with E-state index < -0.39 is 11.6 Å². The zero-order chi connectivity index (χ0) is 15.2. The Kier molecular flexibility index (Phi) is 5.73. The molecule has 21 heavy (non-hydrogen) atoms. The second-order valence-corrected chi connectivity index (χ2v) is 5.67. The molecule has 4 nitrogen and oxygen atoms in total. The minimum Gasteiger partial charge on any atom is -0.368 e. The summed E-state index contributed by atoms with van der Waals surface area (Å²) in [5.74, 6) is -0.723. The van der Waals surface area contributed by atoms with Crippen molar-refractivity contribution in [3.05, 3.63) is 17.7 Å². The van der Waals surface area contributed by atoms with E-state index in [2.05, 4.69) is 27.4 Å². The summed E-state index contributed by atoms with van der Waals surface area (Å²) in [6, 6.07) is 0.873. The average Bonchev–Trinajstić information content (AvgIpc) is 2.93. The van der Waals surface area contributed by atoms with Gasteiger partial charge in [-0.25, -0.2) is 13.8 Å². The van der Waals surface area contributed by atoms with Crippen LogP contribution >= 0.6 is 0 Å². The van der Waals surface area contributed by atoms with Crippen LogP contribution in [0, 0.1) is 17.6 Å². The maximum atomic E-state index is 13.7. The minimum atomic E-state index is -0.662. The molecule has 1 aromatic rings.